The van der Waals surface area contributed by atoms with Crippen LogP contribution in [-0.4, -0.2) is 9.91 Å². The summed E-state index contributed by atoms with van der Waals surface area (Å²) in [5.41, 5.74) is 1.36. The minimum Gasteiger partial charge on any atom is -0.354 e. The summed E-state index contributed by atoms with van der Waals surface area (Å²) >= 11 is 0. The van der Waals surface area contributed by atoms with Crippen LogP contribution in [0.4, 0.5) is 0 Å². The van der Waals surface area contributed by atoms with E-state index in [0.29, 0.717) is 12.0 Å². The maximum Gasteiger partial charge on any atom is 0.271 e. The number of nitrogens with zero attached hydrogens (tertiary/aromatic N) is 1. The van der Waals surface area contributed by atoms with Crippen molar-refractivity contribution in [2.75, 3.05) is 0 Å². The number of hydrogen-bond acceptors (Lipinski definition) is 2. The van der Waals surface area contributed by atoms with Gasteiger partial charge in [-0.2, -0.15) is 0 Å². The summed E-state index contributed by atoms with van der Waals surface area (Å²) in [6, 6.07) is 13.7. The average Bonchev–Trinajstić information content (AvgIpc) is 2.94. The van der Waals surface area contributed by atoms with E-state index in [1.165, 1.54) is 0 Å². The van der Waals surface area contributed by atoms with Crippen molar-refractivity contribution >= 4 is 21.8 Å². The van der Waals surface area contributed by atoms with Crippen molar-refractivity contribution in [1.29, 1.82) is 0 Å². The van der Waals surface area contributed by atoms with Crippen molar-refractivity contribution in [3.63, 3.8) is 0 Å². The molecule has 1 aliphatic carbocycles. The molecule has 0 bridgehead atoms. The van der Waals surface area contributed by atoms with Crippen molar-refractivity contribution in [2.45, 2.75) is 12.0 Å². The van der Waals surface area contributed by atoms with Crippen LogP contribution >= 0.6 is 0 Å². The molecule has 1 atom stereocenters. The molecule has 1 unspecified atom stereocenters. The van der Waals surface area contributed by atoms with Gasteiger partial charge < -0.3 is 4.98 Å². The van der Waals surface area contributed by atoms with Crippen LogP contribution in [0.25, 0.3) is 21.8 Å². The molecular weight excluding hydrogens is 276 g/mol. The Morgan fingerprint density at radius 2 is 1.86 bits per heavy atom. The normalized spacial score (nSPS) is 20.7. The third-order valence-electron chi connectivity index (χ3n) is 4.38. The molecule has 0 radical (unpaired) electrons. The second-order valence-corrected chi connectivity index (χ2v) is 5.57. The zero-order valence-corrected chi connectivity index (χ0v) is 11.8. The molecule has 0 fully saturated rings. The van der Waals surface area contributed by atoms with Crippen molar-refractivity contribution in [3.05, 3.63) is 82.4 Å². The van der Waals surface area contributed by atoms with Crippen LogP contribution in [0.2, 0.25) is 0 Å². The van der Waals surface area contributed by atoms with E-state index in [-0.39, 0.29) is 4.92 Å². The summed E-state index contributed by atoms with van der Waals surface area (Å²) < 4.78 is 0. The van der Waals surface area contributed by atoms with Gasteiger partial charge in [-0.1, -0.05) is 48.6 Å². The van der Waals surface area contributed by atoms with E-state index in [1.807, 2.05) is 54.6 Å². The third-order valence-corrected chi connectivity index (χ3v) is 4.38. The number of para-hydroxylation sites is 2. The van der Waals surface area contributed by atoms with E-state index >= 15 is 0 Å². The smallest absolute Gasteiger partial charge is 0.271 e. The number of hydrogen-bond donors (Lipinski definition) is 1. The van der Waals surface area contributed by atoms with Gasteiger partial charge in [0.1, 0.15) is 0 Å². The highest BCUT2D eigenvalue weighted by Gasteiger charge is 2.43. The number of rotatable bonds is 2. The molecule has 3 aromatic rings. The molecule has 1 aromatic heterocycles. The summed E-state index contributed by atoms with van der Waals surface area (Å²) in [6.45, 7) is 0. The quantitative estimate of drug-likeness (QED) is 0.564. The number of nitrogens with one attached hydrogen (secondary N) is 1. The standard InChI is InChI=1S/C18H14N2O2/c21-20(22)18(11-4-1-5-12-18)15-9-6-8-14-13-7-2-3-10-16(13)19-17(14)15/h1-11,19H,12H2. The predicted octanol–water partition coefficient (Wildman–Crippen LogP) is 4.31. The van der Waals surface area contributed by atoms with Crippen LogP contribution in [0.3, 0.4) is 0 Å². The first-order valence-corrected chi connectivity index (χ1v) is 7.21. The lowest BCUT2D eigenvalue weighted by atomic mass is 9.83. The van der Waals surface area contributed by atoms with Crippen molar-refractivity contribution in [3.8, 4) is 0 Å². The van der Waals surface area contributed by atoms with Crippen LogP contribution in [0.15, 0.2) is 66.8 Å². The van der Waals surface area contributed by atoms with Gasteiger partial charge in [-0.3, -0.25) is 10.1 Å². The fourth-order valence-corrected chi connectivity index (χ4v) is 3.28. The zero-order valence-electron chi connectivity index (χ0n) is 11.8. The lowest BCUT2D eigenvalue weighted by molar-refractivity contribution is -0.563. The first-order valence-electron chi connectivity index (χ1n) is 7.21. The topological polar surface area (TPSA) is 58.9 Å². The van der Waals surface area contributed by atoms with E-state index in [9.17, 15) is 10.1 Å². The number of H-pyrrole nitrogens is 1. The Bertz CT molecular complexity index is 952. The Morgan fingerprint density at radius 1 is 1.05 bits per heavy atom. The Morgan fingerprint density at radius 3 is 2.64 bits per heavy atom. The molecule has 0 saturated heterocycles. The molecule has 108 valence electrons. The molecular formula is C18H14N2O2. The van der Waals surface area contributed by atoms with Gasteiger partial charge in [0, 0.05) is 27.6 Å². The van der Waals surface area contributed by atoms with Gasteiger partial charge in [-0.15, -0.1) is 0 Å². The molecule has 4 heteroatoms. The lowest BCUT2D eigenvalue weighted by Crippen LogP contribution is -2.33. The van der Waals surface area contributed by atoms with E-state index < -0.39 is 5.54 Å². The molecule has 4 nitrogen and oxygen atoms in total. The van der Waals surface area contributed by atoms with E-state index in [1.54, 1.807) is 12.2 Å². The highest BCUT2D eigenvalue weighted by atomic mass is 16.6. The van der Waals surface area contributed by atoms with Crippen LogP contribution in [0.5, 0.6) is 0 Å². The van der Waals surface area contributed by atoms with Gasteiger partial charge in [0.2, 0.25) is 0 Å². The summed E-state index contributed by atoms with van der Waals surface area (Å²) in [4.78, 5) is 15.0. The number of allylic oxidation sites excluding steroid dienone is 2. The number of nitro groups is 1. The molecule has 0 saturated carbocycles. The Hall–Kier alpha value is -2.88. The molecule has 0 amide bonds. The maximum absolute atomic E-state index is 11.8. The highest BCUT2D eigenvalue weighted by molar-refractivity contribution is 6.08. The minimum absolute atomic E-state index is 0.187. The summed E-state index contributed by atoms with van der Waals surface area (Å²) in [6.07, 6.45) is 7.52. The second kappa shape index (κ2) is 4.56. The Balaban J connectivity index is 2.08. The molecule has 1 heterocycles. The van der Waals surface area contributed by atoms with E-state index in [2.05, 4.69) is 4.98 Å². The fraction of sp³-hybridized carbons (Fsp3) is 0.111. The van der Waals surface area contributed by atoms with Gasteiger partial charge in [-0.05, 0) is 18.2 Å². The first-order chi connectivity index (χ1) is 10.7. The van der Waals surface area contributed by atoms with Crippen molar-refractivity contribution < 1.29 is 4.92 Å². The van der Waals surface area contributed by atoms with Crippen molar-refractivity contribution in [2.24, 2.45) is 0 Å². The molecule has 1 N–H and O–H groups in total. The molecule has 4 rings (SSSR count). The van der Waals surface area contributed by atoms with E-state index in [4.69, 9.17) is 0 Å². The number of fused-ring (bicyclic) bond motifs is 3. The van der Waals surface area contributed by atoms with Gasteiger partial charge in [0.25, 0.3) is 5.54 Å². The second-order valence-electron chi connectivity index (χ2n) is 5.57. The minimum atomic E-state index is -1.20. The van der Waals surface area contributed by atoms with Gasteiger partial charge in [0.05, 0.1) is 11.1 Å². The highest BCUT2D eigenvalue weighted by Crippen LogP contribution is 2.39. The number of aromatic amines is 1. The SMILES string of the molecule is O=[N+]([O-])C1(c2cccc3c2[nH]c2ccccc23)C=CC=CC1. The fourth-order valence-electron chi connectivity index (χ4n) is 3.28. The molecule has 22 heavy (non-hydrogen) atoms. The van der Waals surface area contributed by atoms with Gasteiger partial charge in [0.15, 0.2) is 0 Å². The van der Waals surface area contributed by atoms with Crippen LogP contribution in [0, 0.1) is 10.1 Å². The number of benzene rings is 2. The third kappa shape index (κ3) is 1.64. The largest absolute Gasteiger partial charge is 0.354 e. The summed E-state index contributed by atoms with van der Waals surface area (Å²) in [5.74, 6) is 0. The lowest BCUT2D eigenvalue weighted by Gasteiger charge is -2.23. The van der Waals surface area contributed by atoms with Gasteiger partial charge in [-0.25, -0.2) is 0 Å². The zero-order chi connectivity index (χ0) is 15.2. The Labute approximate surface area is 126 Å². The molecule has 0 spiro atoms. The molecule has 2 aromatic carbocycles. The van der Waals surface area contributed by atoms with E-state index in [0.717, 1.165) is 21.8 Å². The summed E-state index contributed by atoms with van der Waals surface area (Å²) in [7, 11) is 0. The Kier molecular flexibility index (Phi) is 2.66. The molecule has 1 aliphatic rings. The maximum atomic E-state index is 11.8. The first kappa shape index (κ1) is 12.8. The predicted molar refractivity (Wildman–Crippen MR) is 87.4 cm³/mol. The average molecular weight is 290 g/mol. The number of aromatic nitrogens is 1. The van der Waals surface area contributed by atoms with Crippen LogP contribution in [-0.2, 0) is 5.54 Å². The van der Waals surface area contributed by atoms with Gasteiger partial charge >= 0.3 is 0 Å². The summed E-state index contributed by atoms with van der Waals surface area (Å²) in [5, 5.41) is 14.0. The van der Waals surface area contributed by atoms with Crippen LogP contribution in [0.1, 0.15) is 12.0 Å². The van der Waals surface area contributed by atoms with Crippen molar-refractivity contribution in [1.82, 2.24) is 4.98 Å². The monoisotopic (exact) mass is 290 g/mol. The van der Waals surface area contributed by atoms with Crippen LogP contribution < -0.4 is 0 Å². The molecule has 0 aliphatic heterocycles.